The van der Waals surface area contributed by atoms with Crippen LogP contribution in [0, 0.1) is 0 Å². The van der Waals surface area contributed by atoms with E-state index in [1.807, 2.05) is 18.0 Å². The summed E-state index contributed by atoms with van der Waals surface area (Å²) in [5.41, 5.74) is -0.302. The van der Waals surface area contributed by atoms with Gasteiger partial charge in [0, 0.05) is 26.7 Å². The topological polar surface area (TPSA) is 66.2 Å². The van der Waals surface area contributed by atoms with E-state index in [4.69, 9.17) is 9.15 Å². The van der Waals surface area contributed by atoms with Gasteiger partial charge in [-0.2, -0.15) is 0 Å². The molecule has 0 aromatic carbocycles. The second-order valence-corrected chi connectivity index (χ2v) is 7.76. The van der Waals surface area contributed by atoms with Gasteiger partial charge in [-0.25, -0.2) is 0 Å². The summed E-state index contributed by atoms with van der Waals surface area (Å²) in [4.78, 5) is 30.3. The van der Waals surface area contributed by atoms with Crippen LogP contribution in [0.15, 0.2) is 16.5 Å². The zero-order chi connectivity index (χ0) is 18.1. The number of ether oxygens (including phenoxy) is 1. The maximum absolute atomic E-state index is 12.8. The first kappa shape index (κ1) is 17.5. The molecule has 0 aliphatic carbocycles. The van der Waals surface area contributed by atoms with Crippen LogP contribution in [0.2, 0.25) is 0 Å². The molecule has 26 heavy (non-hydrogen) atoms. The molecule has 0 bridgehead atoms. The first-order chi connectivity index (χ1) is 12.5. The van der Waals surface area contributed by atoms with E-state index in [2.05, 4.69) is 4.90 Å². The number of carbonyl (C=O) groups excluding carboxylic acids is 2. The number of furan rings is 1. The number of rotatable bonds is 3. The summed E-state index contributed by atoms with van der Waals surface area (Å²) in [6.45, 7) is 5.00. The van der Waals surface area contributed by atoms with E-state index in [-0.39, 0.29) is 24.0 Å². The number of nitrogens with zero attached hydrogens (tertiary/aromatic N) is 3. The second kappa shape index (κ2) is 7.04. The van der Waals surface area contributed by atoms with Crippen LogP contribution in [0.4, 0.5) is 0 Å². The van der Waals surface area contributed by atoms with Crippen LogP contribution in [-0.2, 0) is 16.1 Å². The molecule has 3 saturated heterocycles. The third kappa shape index (κ3) is 3.50. The third-order valence-electron chi connectivity index (χ3n) is 5.87. The van der Waals surface area contributed by atoms with Gasteiger partial charge in [0.25, 0.3) is 5.91 Å². The van der Waals surface area contributed by atoms with Gasteiger partial charge < -0.3 is 19.0 Å². The average Bonchev–Trinajstić information content (AvgIpc) is 3.31. The van der Waals surface area contributed by atoms with E-state index < -0.39 is 0 Å². The molecule has 0 unspecified atom stereocenters. The van der Waals surface area contributed by atoms with Gasteiger partial charge in [0.05, 0.1) is 12.1 Å². The number of hydrogen-bond donors (Lipinski definition) is 0. The standard InChI is InChI=1S/C19H27N3O4/c1-20-14-19(25-13-17(20)23)6-10-22(11-7-19)18(24)16-5-4-15(26-16)12-21-8-2-3-9-21/h4-5H,2-3,6-14H2,1H3. The predicted molar refractivity (Wildman–Crippen MR) is 94.7 cm³/mol. The molecule has 3 aliphatic heterocycles. The highest BCUT2D eigenvalue weighted by atomic mass is 16.5. The van der Waals surface area contributed by atoms with Crippen molar-refractivity contribution in [3.8, 4) is 0 Å². The van der Waals surface area contributed by atoms with Crippen LogP contribution in [0.5, 0.6) is 0 Å². The molecule has 142 valence electrons. The Kier molecular flexibility index (Phi) is 4.75. The Hall–Kier alpha value is -1.86. The number of hydrogen-bond acceptors (Lipinski definition) is 5. The van der Waals surface area contributed by atoms with Crippen molar-refractivity contribution in [1.82, 2.24) is 14.7 Å². The number of piperidine rings is 1. The molecule has 2 amide bonds. The van der Waals surface area contributed by atoms with Crippen molar-refractivity contribution in [1.29, 1.82) is 0 Å². The molecule has 0 N–H and O–H groups in total. The van der Waals surface area contributed by atoms with Gasteiger partial charge in [-0.3, -0.25) is 14.5 Å². The molecule has 0 radical (unpaired) electrons. The van der Waals surface area contributed by atoms with E-state index >= 15 is 0 Å². The lowest BCUT2D eigenvalue weighted by molar-refractivity contribution is -0.167. The van der Waals surface area contributed by atoms with Gasteiger partial charge in [-0.1, -0.05) is 0 Å². The Morgan fingerprint density at radius 2 is 1.88 bits per heavy atom. The molecule has 4 heterocycles. The average molecular weight is 361 g/mol. The molecule has 7 heteroatoms. The van der Waals surface area contributed by atoms with Crippen molar-refractivity contribution < 1.29 is 18.7 Å². The largest absolute Gasteiger partial charge is 0.455 e. The summed E-state index contributed by atoms with van der Waals surface area (Å²) >= 11 is 0. The minimum absolute atomic E-state index is 0.0234. The van der Waals surface area contributed by atoms with Crippen molar-refractivity contribution in [3.63, 3.8) is 0 Å². The van der Waals surface area contributed by atoms with Crippen molar-refractivity contribution in [2.24, 2.45) is 0 Å². The molecular weight excluding hydrogens is 334 g/mol. The lowest BCUT2D eigenvalue weighted by Gasteiger charge is -2.45. The minimum atomic E-state index is -0.302. The minimum Gasteiger partial charge on any atom is -0.455 e. The number of amides is 2. The number of likely N-dealkylation sites (tertiary alicyclic amines) is 2. The van der Waals surface area contributed by atoms with E-state index in [0.717, 1.165) is 38.2 Å². The Labute approximate surface area is 153 Å². The van der Waals surface area contributed by atoms with Gasteiger partial charge in [0.1, 0.15) is 12.4 Å². The van der Waals surface area contributed by atoms with Crippen LogP contribution in [0.25, 0.3) is 0 Å². The van der Waals surface area contributed by atoms with Crippen molar-refractivity contribution in [2.75, 3.05) is 46.4 Å². The third-order valence-corrected chi connectivity index (χ3v) is 5.87. The molecule has 0 saturated carbocycles. The summed E-state index contributed by atoms with van der Waals surface area (Å²) < 4.78 is 11.7. The lowest BCUT2D eigenvalue weighted by Crippen LogP contribution is -2.58. The van der Waals surface area contributed by atoms with Crippen LogP contribution >= 0.6 is 0 Å². The van der Waals surface area contributed by atoms with Crippen molar-refractivity contribution in [2.45, 2.75) is 37.8 Å². The monoisotopic (exact) mass is 361 g/mol. The number of morpholine rings is 1. The summed E-state index contributed by atoms with van der Waals surface area (Å²) in [7, 11) is 1.81. The van der Waals surface area contributed by atoms with Crippen LogP contribution in [0.3, 0.4) is 0 Å². The fourth-order valence-corrected chi connectivity index (χ4v) is 4.21. The Bertz CT molecular complexity index is 672. The van der Waals surface area contributed by atoms with Gasteiger partial charge in [-0.15, -0.1) is 0 Å². The molecule has 1 aromatic rings. The van der Waals surface area contributed by atoms with E-state index in [1.165, 1.54) is 12.8 Å². The van der Waals surface area contributed by atoms with E-state index in [9.17, 15) is 9.59 Å². The highest BCUT2D eigenvalue weighted by Gasteiger charge is 2.42. The first-order valence-corrected chi connectivity index (χ1v) is 9.53. The van der Waals surface area contributed by atoms with Crippen molar-refractivity contribution in [3.05, 3.63) is 23.7 Å². The van der Waals surface area contributed by atoms with Crippen LogP contribution in [0.1, 0.15) is 42.0 Å². The molecule has 3 aliphatic rings. The quantitative estimate of drug-likeness (QED) is 0.813. The van der Waals surface area contributed by atoms with Crippen molar-refractivity contribution >= 4 is 11.8 Å². The fourth-order valence-electron chi connectivity index (χ4n) is 4.21. The molecule has 1 aromatic heterocycles. The van der Waals surface area contributed by atoms with Crippen LogP contribution in [-0.4, -0.2) is 78.5 Å². The van der Waals surface area contributed by atoms with Crippen LogP contribution < -0.4 is 0 Å². The number of carbonyl (C=O) groups is 2. The highest BCUT2D eigenvalue weighted by molar-refractivity contribution is 5.91. The SMILES string of the molecule is CN1CC2(CCN(C(=O)c3ccc(CN4CCCC4)o3)CC2)OCC1=O. The zero-order valence-corrected chi connectivity index (χ0v) is 15.4. The molecule has 1 spiro atoms. The number of likely N-dealkylation sites (N-methyl/N-ethyl adjacent to an activating group) is 1. The normalized spacial score (nSPS) is 23.8. The summed E-state index contributed by atoms with van der Waals surface area (Å²) in [6, 6.07) is 3.71. The Morgan fingerprint density at radius 1 is 1.15 bits per heavy atom. The fraction of sp³-hybridized carbons (Fsp3) is 0.684. The van der Waals surface area contributed by atoms with Gasteiger partial charge >= 0.3 is 0 Å². The maximum Gasteiger partial charge on any atom is 0.289 e. The summed E-state index contributed by atoms with van der Waals surface area (Å²) in [5, 5.41) is 0. The second-order valence-electron chi connectivity index (χ2n) is 7.76. The van der Waals surface area contributed by atoms with E-state index in [0.29, 0.717) is 25.4 Å². The first-order valence-electron chi connectivity index (χ1n) is 9.53. The molecule has 0 atom stereocenters. The Morgan fingerprint density at radius 3 is 2.58 bits per heavy atom. The molecule has 7 nitrogen and oxygen atoms in total. The van der Waals surface area contributed by atoms with E-state index in [1.54, 1.807) is 11.0 Å². The lowest BCUT2D eigenvalue weighted by atomic mass is 9.89. The Balaban J connectivity index is 1.33. The molecule has 4 rings (SSSR count). The summed E-state index contributed by atoms with van der Waals surface area (Å²) in [5.74, 6) is 1.26. The maximum atomic E-state index is 12.8. The summed E-state index contributed by atoms with van der Waals surface area (Å²) in [6.07, 6.45) is 3.98. The zero-order valence-electron chi connectivity index (χ0n) is 15.4. The molecule has 3 fully saturated rings. The van der Waals surface area contributed by atoms with Gasteiger partial charge in [0.15, 0.2) is 5.76 Å². The smallest absolute Gasteiger partial charge is 0.289 e. The predicted octanol–water partition coefficient (Wildman–Crippen LogP) is 1.34. The molecular formula is C19H27N3O4. The van der Waals surface area contributed by atoms with Gasteiger partial charge in [-0.05, 0) is 50.9 Å². The van der Waals surface area contributed by atoms with Gasteiger partial charge in [0.2, 0.25) is 5.91 Å². The highest BCUT2D eigenvalue weighted by Crippen LogP contribution is 2.30.